The summed E-state index contributed by atoms with van der Waals surface area (Å²) >= 11 is 0. The van der Waals surface area contributed by atoms with Crippen LogP contribution in [0.4, 0.5) is 0 Å². The van der Waals surface area contributed by atoms with E-state index in [1.54, 1.807) is 0 Å². The molecule has 0 radical (unpaired) electrons. The summed E-state index contributed by atoms with van der Waals surface area (Å²) in [6, 6.07) is 0.563. The molecule has 4 atom stereocenters. The Hall–Kier alpha value is -0.120. The van der Waals surface area contributed by atoms with Crippen LogP contribution >= 0.6 is 0 Å². The van der Waals surface area contributed by atoms with E-state index < -0.39 is 0 Å². The molecule has 1 N–H and O–H groups in total. The van der Waals surface area contributed by atoms with Gasteiger partial charge in [-0.3, -0.25) is 4.90 Å². The molecule has 4 unspecified atom stereocenters. The van der Waals surface area contributed by atoms with Crippen LogP contribution in [0.2, 0.25) is 0 Å². The zero-order valence-corrected chi connectivity index (χ0v) is 12.0. The molecule has 1 aliphatic carbocycles. The second-order valence-corrected chi connectivity index (χ2v) is 6.05. The summed E-state index contributed by atoms with van der Waals surface area (Å²) in [4.78, 5) is 2.55. The number of aliphatic hydroxyl groups excluding tert-OH is 1. The van der Waals surface area contributed by atoms with Crippen molar-refractivity contribution in [3.63, 3.8) is 0 Å². The minimum atomic E-state index is -0.0758. The van der Waals surface area contributed by atoms with Crippen LogP contribution in [0.5, 0.6) is 0 Å². The Bertz CT molecular complexity index is 247. The minimum absolute atomic E-state index is 0.0758. The average molecular weight is 255 g/mol. The van der Waals surface area contributed by atoms with Crippen LogP contribution in [-0.2, 0) is 4.74 Å². The van der Waals surface area contributed by atoms with E-state index in [1.807, 2.05) is 0 Å². The highest BCUT2D eigenvalue weighted by atomic mass is 16.5. The smallest absolute Gasteiger partial charge is 0.0622 e. The van der Waals surface area contributed by atoms with E-state index >= 15 is 0 Å². The fourth-order valence-electron chi connectivity index (χ4n) is 3.52. The summed E-state index contributed by atoms with van der Waals surface area (Å²) in [5.41, 5.74) is 0. The zero-order chi connectivity index (χ0) is 13.0. The molecule has 1 saturated carbocycles. The van der Waals surface area contributed by atoms with Crippen molar-refractivity contribution in [2.45, 2.75) is 58.1 Å². The Balaban J connectivity index is 1.89. The molecule has 0 amide bonds. The molecule has 0 aromatic heterocycles. The fourth-order valence-corrected chi connectivity index (χ4v) is 3.52. The Kier molecular flexibility index (Phi) is 5.46. The van der Waals surface area contributed by atoms with Crippen LogP contribution < -0.4 is 0 Å². The molecule has 106 valence electrons. The molecule has 2 rings (SSSR count). The van der Waals surface area contributed by atoms with Gasteiger partial charge in [0.25, 0.3) is 0 Å². The van der Waals surface area contributed by atoms with E-state index in [0.29, 0.717) is 12.0 Å². The van der Waals surface area contributed by atoms with E-state index in [2.05, 4.69) is 18.7 Å². The number of hydrogen-bond acceptors (Lipinski definition) is 3. The lowest BCUT2D eigenvalue weighted by atomic mass is 9.78. The van der Waals surface area contributed by atoms with Crippen LogP contribution in [0.25, 0.3) is 0 Å². The van der Waals surface area contributed by atoms with Crippen molar-refractivity contribution in [3.05, 3.63) is 0 Å². The lowest BCUT2D eigenvalue weighted by Crippen LogP contribution is -2.49. The van der Waals surface area contributed by atoms with Gasteiger partial charge >= 0.3 is 0 Å². The summed E-state index contributed by atoms with van der Waals surface area (Å²) in [5, 5.41) is 10.2. The van der Waals surface area contributed by atoms with Crippen LogP contribution in [0.1, 0.15) is 46.0 Å². The average Bonchev–Trinajstić information content (AvgIpc) is 2.42. The Morgan fingerprint density at radius 3 is 2.78 bits per heavy atom. The van der Waals surface area contributed by atoms with Gasteiger partial charge in [-0.25, -0.2) is 0 Å². The highest BCUT2D eigenvalue weighted by molar-refractivity contribution is 4.84. The third kappa shape index (κ3) is 3.46. The first-order valence-corrected chi connectivity index (χ1v) is 7.74. The second-order valence-electron chi connectivity index (χ2n) is 6.05. The van der Waals surface area contributed by atoms with Gasteiger partial charge in [0.05, 0.1) is 19.3 Å². The highest BCUT2D eigenvalue weighted by Gasteiger charge is 2.32. The van der Waals surface area contributed by atoms with Crippen LogP contribution in [0.15, 0.2) is 0 Å². The SMILES string of the molecule is CCC1CCC(O)C(CN2CCOCC2CC)C1. The largest absolute Gasteiger partial charge is 0.393 e. The number of hydrogen-bond donors (Lipinski definition) is 1. The van der Waals surface area contributed by atoms with E-state index in [-0.39, 0.29) is 6.10 Å². The van der Waals surface area contributed by atoms with Gasteiger partial charge in [-0.1, -0.05) is 20.3 Å². The van der Waals surface area contributed by atoms with Crippen molar-refractivity contribution in [1.82, 2.24) is 4.90 Å². The molecule has 0 spiro atoms. The lowest BCUT2D eigenvalue weighted by Gasteiger charge is -2.41. The third-order valence-corrected chi connectivity index (χ3v) is 4.92. The fraction of sp³-hybridized carbons (Fsp3) is 1.00. The molecule has 1 heterocycles. The molecular formula is C15H29NO2. The summed E-state index contributed by atoms with van der Waals surface area (Å²) in [5.74, 6) is 1.32. The number of aliphatic hydroxyl groups is 1. The van der Waals surface area contributed by atoms with E-state index in [0.717, 1.165) is 45.1 Å². The van der Waals surface area contributed by atoms with Gasteiger partial charge in [-0.2, -0.15) is 0 Å². The van der Waals surface area contributed by atoms with Crippen molar-refractivity contribution in [2.24, 2.45) is 11.8 Å². The normalized spacial score (nSPS) is 38.8. The Morgan fingerprint density at radius 1 is 1.22 bits per heavy atom. The van der Waals surface area contributed by atoms with Gasteiger partial charge in [-0.05, 0) is 37.5 Å². The molecule has 1 aliphatic heterocycles. The highest BCUT2D eigenvalue weighted by Crippen LogP contribution is 2.32. The summed E-state index contributed by atoms with van der Waals surface area (Å²) < 4.78 is 5.56. The zero-order valence-electron chi connectivity index (χ0n) is 12.0. The van der Waals surface area contributed by atoms with Gasteiger partial charge in [0.2, 0.25) is 0 Å². The topological polar surface area (TPSA) is 32.7 Å². The van der Waals surface area contributed by atoms with Gasteiger partial charge in [0.1, 0.15) is 0 Å². The molecule has 0 bridgehead atoms. The number of morpholine rings is 1. The van der Waals surface area contributed by atoms with Crippen LogP contribution in [0, 0.1) is 11.8 Å². The first-order valence-electron chi connectivity index (χ1n) is 7.74. The predicted molar refractivity (Wildman–Crippen MR) is 73.6 cm³/mol. The number of rotatable bonds is 4. The molecular weight excluding hydrogens is 226 g/mol. The van der Waals surface area contributed by atoms with Crippen molar-refractivity contribution >= 4 is 0 Å². The first-order chi connectivity index (χ1) is 8.74. The number of nitrogens with zero attached hydrogens (tertiary/aromatic N) is 1. The molecule has 18 heavy (non-hydrogen) atoms. The second kappa shape index (κ2) is 6.88. The summed E-state index contributed by atoms with van der Waals surface area (Å²) in [6.45, 7) is 8.35. The van der Waals surface area contributed by atoms with E-state index in [9.17, 15) is 5.11 Å². The van der Waals surface area contributed by atoms with Crippen molar-refractivity contribution in [1.29, 1.82) is 0 Å². The third-order valence-electron chi connectivity index (χ3n) is 4.92. The molecule has 1 saturated heterocycles. The molecule has 2 aliphatic rings. The quantitative estimate of drug-likeness (QED) is 0.836. The van der Waals surface area contributed by atoms with Gasteiger partial charge in [0, 0.05) is 19.1 Å². The van der Waals surface area contributed by atoms with Gasteiger partial charge < -0.3 is 9.84 Å². The molecule has 0 aromatic carbocycles. The van der Waals surface area contributed by atoms with Gasteiger partial charge in [-0.15, -0.1) is 0 Å². The Morgan fingerprint density at radius 2 is 2.06 bits per heavy atom. The standard InChI is InChI=1S/C15H29NO2/c1-3-12-5-6-15(17)13(9-12)10-16-7-8-18-11-14(16)4-2/h12-15,17H,3-11H2,1-2H3. The molecule has 2 fully saturated rings. The summed E-state index contributed by atoms with van der Waals surface area (Å²) in [7, 11) is 0. The van der Waals surface area contributed by atoms with Crippen molar-refractivity contribution in [3.8, 4) is 0 Å². The monoisotopic (exact) mass is 255 g/mol. The maximum atomic E-state index is 10.2. The first kappa shape index (κ1) is 14.3. The van der Waals surface area contributed by atoms with Gasteiger partial charge in [0.15, 0.2) is 0 Å². The minimum Gasteiger partial charge on any atom is -0.393 e. The van der Waals surface area contributed by atoms with E-state index in [4.69, 9.17) is 4.74 Å². The Labute approximate surface area is 112 Å². The number of ether oxygens (including phenoxy) is 1. The summed E-state index contributed by atoms with van der Waals surface area (Å²) in [6.07, 6.45) is 5.78. The predicted octanol–water partition coefficient (Wildman–Crippen LogP) is 2.28. The molecule has 0 aromatic rings. The van der Waals surface area contributed by atoms with Crippen LogP contribution in [0.3, 0.4) is 0 Å². The molecule has 3 nitrogen and oxygen atoms in total. The van der Waals surface area contributed by atoms with Crippen molar-refractivity contribution in [2.75, 3.05) is 26.3 Å². The van der Waals surface area contributed by atoms with Crippen LogP contribution in [-0.4, -0.2) is 48.5 Å². The molecule has 3 heteroatoms. The maximum absolute atomic E-state index is 10.2. The maximum Gasteiger partial charge on any atom is 0.0622 e. The lowest BCUT2D eigenvalue weighted by molar-refractivity contribution is -0.0392. The van der Waals surface area contributed by atoms with E-state index in [1.165, 1.54) is 19.3 Å². The van der Waals surface area contributed by atoms with Crippen molar-refractivity contribution < 1.29 is 9.84 Å².